The Balaban J connectivity index is 1.61. The second-order valence-electron chi connectivity index (χ2n) is 7.51. The third kappa shape index (κ3) is 3.66. The molecule has 1 amide bonds. The maximum atomic E-state index is 13.2. The van der Waals surface area contributed by atoms with Gasteiger partial charge in [0.15, 0.2) is 10.9 Å². The van der Waals surface area contributed by atoms with Gasteiger partial charge in [0.1, 0.15) is 11.6 Å². The predicted octanol–water partition coefficient (Wildman–Crippen LogP) is 5.43. The number of fused-ring (bicyclic) bond motifs is 1. The smallest absolute Gasteiger partial charge is 0.340 e. The number of aliphatic hydroxyl groups excluding tert-OH is 1. The Bertz CT molecular complexity index is 1340. The number of rotatable bonds is 5. The number of aromatic nitrogens is 1. The molecule has 164 valence electrons. The highest BCUT2D eigenvalue weighted by atomic mass is 32.1. The van der Waals surface area contributed by atoms with E-state index in [0.29, 0.717) is 10.7 Å². The van der Waals surface area contributed by atoms with Crippen molar-refractivity contribution in [3.05, 3.63) is 95.8 Å². The van der Waals surface area contributed by atoms with Crippen LogP contribution >= 0.6 is 11.3 Å². The quantitative estimate of drug-likeness (QED) is 0.405. The number of esters is 1. The lowest BCUT2D eigenvalue weighted by Gasteiger charge is -2.24. The van der Waals surface area contributed by atoms with Crippen LogP contribution in [-0.4, -0.2) is 28.6 Å². The normalized spacial score (nSPS) is 16.0. The minimum atomic E-state index is -0.845. The second kappa shape index (κ2) is 8.52. The zero-order valence-corrected chi connectivity index (χ0v) is 18.6. The molecule has 7 heteroatoms. The summed E-state index contributed by atoms with van der Waals surface area (Å²) in [6, 6.07) is 24.2. The van der Waals surface area contributed by atoms with Crippen LogP contribution in [0.5, 0.6) is 0 Å². The SMILES string of the molecule is CCOC(=O)C1=C(O)C(=O)N(c2nc3ccccc3s2)C1c1ccc(-c2ccccc2)cc1. The van der Waals surface area contributed by atoms with Crippen LogP contribution in [-0.2, 0) is 14.3 Å². The molecule has 1 atom stereocenters. The molecule has 0 saturated heterocycles. The molecule has 1 aromatic heterocycles. The molecule has 0 bridgehead atoms. The molecular formula is C26H20N2O4S. The minimum Gasteiger partial charge on any atom is -0.503 e. The van der Waals surface area contributed by atoms with Gasteiger partial charge < -0.3 is 9.84 Å². The molecular weight excluding hydrogens is 436 g/mol. The Labute approximate surface area is 194 Å². The van der Waals surface area contributed by atoms with Crippen LogP contribution in [0.1, 0.15) is 18.5 Å². The predicted molar refractivity (Wildman–Crippen MR) is 128 cm³/mol. The lowest BCUT2D eigenvalue weighted by atomic mass is 9.96. The van der Waals surface area contributed by atoms with Gasteiger partial charge in [-0.1, -0.05) is 78.1 Å². The summed E-state index contributed by atoms with van der Waals surface area (Å²) in [7, 11) is 0. The van der Waals surface area contributed by atoms with Crippen molar-refractivity contribution in [2.45, 2.75) is 13.0 Å². The van der Waals surface area contributed by atoms with Gasteiger partial charge in [-0.05, 0) is 35.7 Å². The van der Waals surface area contributed by atoms with Crippen LogP contribution in [0.3, 0.4) is 0 Å². The highest BCUT2D eigenvalue weighted by Gasteiger charge is 2.46. The number of carbonyl (C=O) groups is 2. The fourth-order valence-corrected chi connectivity index (χ4v) is 4.98. The third-order valence-electron chi connectivity index (χ3n) is 5.53. The number of benzene rings is 3. The fourth-order valence-electron chi connectivity index (χ4n) is 3.99. The first-order chi connectivity index (χ1) is 16.1. The van der Waals surface area contributed by atoms with Gasteiger partial charge in [0.25, 0.3) is 5.91 Å². The maximum Gasteiger partial charge on any atom is 0.340 e. The number of ether oxygens (including phenoxy) is 1. The number of aliphatic hydroxyl groups is 1. The number of nitrogens with zero attached hydrogens (tertiary/aromatic N) is 2. The first kappa shape index (κ1) is 20.9. The summed E-state index contributed by atoms with van der Waals surface area (Å²) in [6.07, 6.45) is 0. The summed E-state index contributed by atoms with van der Waals surface area (Å²) in [5.41, 5.74) is 3.40. The van der Waals surface area contributed by atoms with Crippen molar-refractivity contribution < 1.29 is 19.4 Å². The van der Waals surface area contributed by atoms with Crippen LogP contribution < -0.4 is 4.90 Å². The van der Waals surface area contributed by atoms with E-state index in [9.17, 15) is 14.7 Å². The van der Waals surface area contributed by atoms with E-state index in [2.05, 4.69) is 4.98 Å². The van der Waals surface area contributed by atoms with Crippen LogP contribution in [0.25, 0.3) is 21.3 Å². The number of hydrogen-bond acceptors (Lipinski definition) is 6. The van der Waals surface area contributed by atoms with Gasteiger partial charge >= 0.3 is 5.97 Å². The Morgan fingerprint density at radius 3 is 2.36 bits per heavy atom. The second-order valence-corrected chi connectivity index (χ2v) is 8.52. The molecule has 3 aromatic carbocycles. The minimum absolute atomic E-state index is 0.0754. The first-order valence-electron chi connectivity index (χ1n) is 10.5. The Morgan fingerprint density at radius 2 is 1.67 bits per heavy atom. The molecule has 0 saturated carbocycles. The van der Waals surface area contributed by atoms with Gasteiger partial charge in [-0.3, -0.25) is 9.69 Å². The molecule has 2 heterocycles. The fraction of sp³-hybridized carbons (Fsp3) is 0.115. The number of carbonyl (C=O) groups excluding carboxylic acids is 2. The monoisotopic (exact) mass is 456 g/mol. The van der Waals surface area contributed by atoms with E-state index in [-0.39, 0.29) is 12.2 Å². The number of hydrogen-bond donors (Lipinski definition) is 1. The first-order valence-corrected chi connectivity index (χ1v) is 11.3. The molecule has 4 aromatic rings. The standard InChI is InChI=1S/C26H20N2O4S/c1-2-32-25(31)21-22(18-14-12-17(13-15-18)16-8-4-3-5-9-16)28(24(30)23(21)29)26-27-19-10-6-7-11-20(19)33-26/h3-15,22,29H,2H2,1H3. The van der Waals surface area contributed by atoms with Gasteiger partial charge in [-0.2, -0.15) is 0 Å². The molecule has 5 rings (SSSR count). The van der Waals surface area contributed by atoms with E-state index in [0.717, 1.165) is 21.3 Å². The lowest BCUT2D eigenvalue weighted by Crippen LogP contribution is -2.31. The third-order valence-corrected chi connectivity index (χ3v) is 6.56. The van der Waals surface area contributed by atoms with E-state index in [1.165, 1.54) is 16.2 Å². The molecule has 0 aliphatic carbocycles. The van der Waals surface area contributed by atoms with Crippen LogP contribution in [0.2, 0.25) is 0 Å². The molecule has 0 radical (unpaired) electrons. The van der Waals surface area contributed by atoms with Crippen molar-refractivity contribution in [2.24, 2.45) is 0 Å². The highest BCUT2D eigenvalue weighted by Crippen LogP contribution is 2.43. The van der Waals surface area contributed by atoms with E-state index >= 15 is 0 Å². The Hall–Kier alpha value is -3.97. The van der Waals surface area contributed by atoms with E-state index < -0.39 is 23.7 Å². The van der Waals surface area contributed by atoms with Crippen molar-refractivity contribution in [1.82, 2.24) is 4.98 Å². The topological polar surface area (TPSA) is 79.7 Å². The van der Waals surface area contributed by atoms with Crippen molar-refractivity contribution in [1.29, 1.82) is 0 Å². The van der Waals surface area contributed by atoms with Gasteiger partial charge in [-0.25, -0.2) is 9.78 Å². The van der Waals surface area contributed by atoms with Crippen LogP contribution in [0.4, 0.5) is 5.13 Å². The van der Waals surface area contributed by atoms with Crippen LogP contribution in [0, 0.1) is 0 Å². The van der Waals surface area contributed by atoms with Crippen molar-refractivity contribution >= 4 is 38.6 Å². The molecule has 1 aliphatic rings. The zero-order valence-electron chi connectivity index (χ0n) is 17.8. The summed E-state index contributed by atoms with van der Waals surface area (Å²) in [5, 5.41) is 11.1. The largest absolute Gasteiger partial charge is 0.503 e. The summed E-state index contributed by atoms with van der Waals surface area (Å²) >= 11 is 1.33. The number of thiazole rings is 1. The zero-order chi connectivity index (χ0) is 22.9. The van der Waals surface area contributed by atoms with E-state index in [4.69, 9.17) is 4.74 Å². The number of para-hydroxylation sites is 1. The highest BCUT2D eigenvalue weighted by molar-refractivity contribution is 7.22. The molecule has 0 fully saturated rings. The summed E-state index contributed by atoms with van der Waals surface area (Å²) in [6.45, 7) is 1.81. The Morgan fingerprint density at radius 1 is 1.00 bits per heavy atom. The average molecular weight is 457 g/mol. The van der Waals surface area contributed by atoms with Crippen molar-refractivity contribution in [3.8, 4) is 11.1 Å². The van der Waals surface area contributed by atoms with E-state index in [1.807, 2.05) is 78.9 Å². The summed E-state index contributed by atoms with van der Waals surface area (Å²) < 4.78 is 6.08. The molecule has 1 aliphatic heterocycles. The van der Waals surface area contributed by atoms with Crippen molar-refractivity contribution in [3.63, 3.8) is 0 Å². The lowest BCUT2D eigenvalue weighted by molar-refractivity contribution is -0.139. The molecule has 0 spiro atoms. The van der Waals surface area contributed by atoms with Crippen LogP contribution in [0.15, 0.2) is 90.2 Å². The molecule has 33 heavy (non-hydrogen) atoms. The summed E-state index contributed by atoms with van der Waals surface area (Å²) in [5.74, 6) is -2.00. The average Bonchev–Trinajstić information content (AvgIpc) is 3.38. The molecule has 1 N–H and O–H groups in total. The molecule has 1 unspecified atom stereocenters. The van der Waals surface area contributed by atoms with Gasteiger partial charge in [0, 0.05) is 0 Å². The van der Waals surface area contributed by atoms with Gasteiger partial charge in [0.2, 0.25) is 0 Å². The summed E-state index contributed by atoms with van der Waals surface area (Å²) in [4.78, 5) is 31.9. The van der Waals surface area contributed by atoms with Gasteiger partial charge in [0.05, 0.1) is 16.8 Å². The van der Waals surface area contributed by atoms with Gasteiger partial charge in [-0.15, -0.1) is 0 Å². The number of anilines is 1. The Kier molecular flexibility index (Phi) is 5.40. The maximum absolute atomic E-state index is 13.2. The van der Waals surface area contributed by atoms with E-state index in [1.54, 1.807) is 6.92 Å². The van der Waals surface area contributed by atoms with Crippen molar-refractivity contribution in [2.75, 3.05) is 11.5 Å². The number of amides is 1. The molecule has 6 nitrogen and oxygen atoms in total.